The minimum atomic E-state index is -0.462. The summed E-state index contributed by atoms with van der Waals surface area (Å²) in [6.45, 7) is 0.102. The molecular formula is C20H18N4O4S2. The van der Waals surface area contributed by atoms with Gasteiger partial charge in [-0.05, 0) is 24.3 Å². The highest BCUT2D eigenvalue weighted by Crippen LogP contribution is 2.34. The summed E-state index contributed by atoms with van der Waals surface area (Å²) in [6.07, 6.45) is 4.65. The Bertz CT molecular complexity index is 1010. The number of thioether (sulfide) groups is 1. The third-order valence-corrected chi connectivity index (χ3v) is 5.50. The highest BCUT2D eigenvalue weighted by atomic mass is 32.2. The molecule has 1 saturated heterocycles. The number of carbonyl (C=O) groups is 3. The van der Waals surface area contributed by atoms with E-state index in [9.17, 15) is 14.4 Å². The van der Waals surface area contributed by atoms with Crippen molar-refractivity contribution in [2.75, 3.05) is 13.7 Å². The molecule has 3 amide bonds. The second-order valence-electron chi connectivity index (χ2n) is 6.06. The number of benzene rings is 1. The fourth-order valence-corrected chi connectivity index (χ4v) is 3.90. The van der Waals surface area contributed by atoms with Gasteiger partial charge < -0.3 is 4.74 Å². The molecule has 0 aliphatic carbocycles. The van der Waals surface area contributed by atoms with E-state index < -0.39 is 11.8 Å². The second-order valence-corrected chi connectivity index (χ2v) is 7.74. The van der Waals surface area contributed by atoms with Gasteiger partial charge in [0.15, 0.2) is 0 Å². The van der Waals surface area contributed by atoms with Crippen molar-refractivity contribution in [3.05, 3.63) is 64.8 Å². The van der Waals surface area contributed by atoms with Crippen molar-refractivity contribution in [3.8, 4) is 5.75 Å². The Balaban J connectivity index is 1.55. The highest BCUT2D eigenvalue weighted by Gasteiger charge is 2.32. The van der Waals surface area contributed by atoms with Crippen molar-refractivity contribution >= 4 is 52.1 Å². The molecule has 0 radical (unpaired) electrons. The van der Waals surface area contributed by atoms with Crippen LogP contribution >= 0.6 is 24.0 Å². The van der Waals surface area contributed by atoms with Crippen molar-refractivity contribution in [3.63, 3.8) is 0 Å². The Kier molecular flexibility index (Phi) is 7.15. The molecule has 0 unspecified atom stereocenters. The standard InChI is InChI=1S/C20H18N4O4S2/c1-28-15-5-3-2-4-14(15)12-16-19(27)24(20(29)30-16)11-8-17(25)22-23-18(26)13-6-9-21-10-7-13/h2-7,9-10,12H,8,11H2,1H3,(H,22,25)(H,23,26)/b16-12-. The van der Waals surface area contributed by atoms with Gasteiger partial charge >= 0.3 is 0 Å². The molecule has 30 heavy (non-hydrogen) atoms. The number of para-hydroxylation sites is 1. The average molecular weight is 443 g/mol. The number of hydrazine groups is 1. The number of aromatic nitrogens is 1. The van der Waals surface area contributed by atoms with Gasteiger partial charge in [-0.2, -0.15) is 0 Å². The number of methoxy groups -OCH3 is 1. The zero-order chi connectivity index (χ0) is 21.5. The fourth-order valence-electron chi connectivity index (χ4n) is 2.60. The largest absolute Gasteiger partial charge is 0.496 e. The summed E-state index contributed by atoms with van der Waals surface area (Å²) < 4.78 is 5.67. The zero-order valence-corrected chi connectivity index (χ0v) is 17.6. The monoisotopic (exact) mass is 442 g/mol. The number of ether oxygens (including phenoxy) is 1. The maximum absolute atomic E-state index is 12.7. The maximum atomic E-state index is 12.7. The first kappa shape index (κ1) is 21.5. The predicted molar refractivity (Wildman–Crippen MR) is 117 cm³/mol. The van der Waals surface area contributed by atoms with E-state index in [2.05, 4.69) is 15.8 Å². The van der Waals surface area contributed by atoms with Gasteiger partial charge in [-0.3, -0.25) is 35.1 Å². The van der Waals surface area contributed by atoms with Crippen molar-refractivity contribution in [2.24, 2.45) is 0 Å². The number of rotatable bonds is 6. The number of amides is 3. The van der Waals surface area contributed by atoms with E-state index in [0.717, 1.165) is 5.56 Å². The van der Waals surface area contributed by atoms with Crippen LogP contribution in [-0.2, 0) is 9.59 Å². The van der Waals surface area contributed by atoms with E-state index in [1.807, 2.05) is 18.2 Å². The summed E-state index contributed by atoms with van der Waals surface area (Å²) in [5, 5.41) is 0. The SMILES string of the molecule is COc1ccccc1/C=C1\SC(=S)N(CCC(=O)NNC(=O)c2ccncc2)C1=O. The lowest BCUT2D eigenvalue weighted by Gasteiger charge is -2.14. The molecule has 1 aliphatic heterocycles. The number of nitrogens with one attached hydrogen (secondary N) is 2. The molecule has 0 saturated carbocycles. The quantitative estimate of drug-likeness (QED) is 0.402. The number of hydrogen-bond donors (Lipinski definition) is 2. The van der Waals surface area contributed by atoms with E-state index in [1.54, 1.807) is 19.3 Å². The maximum Gasteiger partial charge on any atom is 0.269 e. The number of carbonyl (C=O) groups excluding carboxylic acids is 3. The Morgan fingerprint density at radius 2 is 1.93 bits per heavy atom. The lowest BCUT2D eigenvalue weighted by Crippen LogP contribution is -2.43. The fraction of sp³-hybridized carbons (Fsp3) is 0.150. The Morgan fingerprint density at radius 1 is 1.20 bits per heavy atom. The normalized spacial score (nSPS) is 14.7. The first-order valence-electron chi connectivity index (χ1n) is 8.87. The van der Waals surface area contributed by atoms with Crippen LogP contribution in [0.5, 0.6) is 5.75 Å². The molecule has 1 aromatic carbocycles. The highest BCUT2D eigenvalue weighted by molar-refractivity contribution is 8.26. The second kappa shape index (κ2) is 9.99. The van der Waals surface area contributed by atoms with E-state index >= 15 is 0 Å². The Morgan fingerprint density at radius 3 is 2.67 bits per heavy atom. The molecule has 2 aromatic rings. The molecule has 0 atom stereocenters. The lowest BCUT2D eigenvalue weighted by atomic mass is 10.2. The van der Waals surface area contributed by atoms with Crippen LogP contribution in [0.2, 0.25) is 0 Å². The van der Waals surface area contributed by atoms with Crippen molar-refractivity contribution in [1.82, 2.24) is 20.7 Å². The molecule has 0 bridgehead atoms. The number of thiocarbonyl (C=S) groups is 1. The van der Waals surface area contributed by atoms with Gasteiger partial charge in [0.2, 0.25) is 5.91 Å². The third kappa shape index (κ3) is 5.22. The van der Waals surface area contributed by atoms with Crippen LogP contribution in [0.15, 0.2) is 53.7 Å². The van der Waals surface area contributed by atoms with Crippen molar-refractivity contribution in [1.29, 1.82) is 0 Å². The van der Waals surface area contributed by atoms with Crippen LogP contribution in [0.1, 0.15) is 22.3 Å². The molecular weight excluding hydrogens is 424 g/mol. The summed E-state index contributed by atoms with van der Waals surface area (Å²) in [4.78, 5) is 42.3. The lowest BCUT2D eigenvalue weighted by molar-refractivity contribution is -0.124. The molecule has 1 aromatic heterocycles. The van der Waals surface area contributed by atoms with Gasteiger partial charge in [0, 0.05) is 36.5 Å². The van der Waals surface area contributed by atoms with Gasteiger partial charge in [0.25, 0.3) is 11.8 Å². The average Bonchev–Trinajstić information content (AvgIpc) is 3.03. The molecule has 1 aliphatic rings. The smallest absolute Gasteiger partial charge is 0.269 e. The Hall–Kier alpha value is -3.24. The molecule has 8 nitrogen and oxygen atoms in total. The summed E-state index contributed by atoms with van der Waals surface area (Å²) in [6, 6.07) is 10.4. The van der Waals surface area contributed by atoms with Crippen LogP contribution in [0, 0.1) is 0 Å². The first-order chi connectivity index (χ1) is 14.5. The number of hydrogen-bond acceptors (Lipinski definition) is 7. The van der Waals surface area contributed by atoms with Crippen LogP contribution < -0.4 is 15.6 Å². The zero-order valence-electron chi connectivity index (χ0n) is 16.0. The molecule has 3 rings (SSSR count). The van der Waals surface area contributed by atoms with Crippen molar-refractivity contribution < 1.29 is 19.1 Å². The minimum Gasteiger partial charge on any atom is -0.496 e. The minimum absolute atomic E-state index is 0.0228. The molecule has 2 heterocycles. The predicted octanol–water partition coefficient (Wildman–Crippen LogP) is 2.14. The summed E-state index contributed by atoms with van der Waals surface area (Å²) in [5.74, 6) is -0.534. The van der Waals surface area contributed by atoms with Gasteiger partial charge in [0.1, 0.15) is 10.1 Å². The Labute approximate surface area is 182 Å². The third-order valence-electron chi connectivity index (χ3n) is 4.12. The summed E-state index contributed by atoms with van der Waals surface area (Å²) in [7, 11) is 1.56. The van der Waals surface area contributed by atoms with Gasteiger partial charge in [-0.1, -0.05) is 42.2 Å². The van der Waals surface area contributed by atoms with Crippen LogP contribution in [0.4, 0.5) is 0 Å². The number of pyridine rings is 1. The van der Waals surface area contributed by atoms with E-state index in [0.29, 0.717) is 20.5 Å². The first-order valence-corrected chi connectivity index (χ1v) is 10.1. The summed E-state index contributed by atoms with van der Waals surface area (Å²) in [5.41, 5.74) is 5.77. The van der Waals surface area contributed by atoms with E-state index in [-0.39, 0.29) is 18.9 Å². The van der Waals surface area contributed by atoms with Gasteiger partial charge in [0.05, 0.1) is 12.0 Å². The van der Waals surface area contributed by atoms with E-state index in [1.165, 1.54) is 41.2 Å². The van der Waals surface area contributed by atoms with Crippen LogP contribution in [-0.4, -0.2) is 45.6 Å². The van der Waals surface area contributed by atoms with E-state index in [4.69, 9.17) is 17.0 Å². The van der Waals surface area contributed by atoms with Crippen LogP contribution in [0.25, 0.3) is 6.08 Å². The molecule has 2 N–H and O–H groups in total. The molecule has 10 heteroatoms. The topological polar surface area (TPSA) is 101 Å². The number of nitrogens with zero attached hydrogens (tertiary/aromatic N) is 2. The molecule has 154 valence electrons. The van der Waals surface area contributed by atoms with Gasteiger partial charge in [-0.25, -0.2) is 0 Å². The van der Waals surface area contributed by atoms with Crippen molar-refractivity contribution in [2.45, 2.75) is 6.42 Å². The molecule has 0 spiro atoms. The van der Waals surface area contributed by atoms with Crippen LogP contribution in [0.3, 0.4) is 0 Å². The van der Waals surface area contributed by atoms with Gasteiger partial charge in [-0.15, -0.1) is 0 Å². The summed E-state index contributed by atoms with van der Waals surface area (Å²) >= 11 is 6.45. The molecule has 1 fully saturated rings.